The number of carbonyl (C=O) groups excluding carboxylic acids is 2. The predicted octanol–water partition coefficient (Wildman–Crippen LogP) is -1.56. The lowest BCUT2D eigenvalue weighted by Crippen LogP contribution is -2.68. The van der Waals surface area contributed by atoms with E-state index in [1.54, 1.807) is 30.3 Å². The van der Waals surface area contributed by atoms with Gasteiger partial charge < -0.3 is 40.0 Å². The van der Waals surface area contributed by atoms with Gasteiger partial charge in [-0.15, -0.1) is 0 Å². The zero-order valence-corrected chi connectivity index (χ0v) is 16.2. The molecule has 0 aromatic heterocycles. The molecule has 1 fully saturated rings. The number of methoxy groups -OCH3 is 1. The highest BCUT2D eigenvalue weighted by atomic mass is 16.7. The molecule has 2 unspecified atom stereocenters. The van der Waals surface area contributed by atoms with E-state index in [9.17, 15) is 24.9 Å². The minimum Gasteiger partial charge on any atom is -0.465 e. The van der Waals surface area contributed by atoms with E-state index in [-0.39, 0.29) is 6.61 Å². The highest BCUT2D eigenvalue weighted by Gasteiger charge is 2.56. The third-order valence-electron chi connectivity index (χ3n) is 4.67. The van der Waals surface area contributed by atoms with Gasteiger partial charge in [-0.1, -0.05) is 30.3 Å². The van der Waals surface area contributed by atoms with Crippen molar-refractivity contribution in [2.45, 2.75) is 56.2 Å². The summed E-state index contributed by atoms with van der Waals surface area (Å²) in [6, 6.07) is 7.70. The van der Waals surface area contributed by atoms with Gasteiger partial charge in [-0.2, -0.15) is 0 Å². The number of aliphatic hydroxyl groups is 4. The van der Waals surface area contributed by atoms with Crippen molar-refractivity contribution in [1.29, 1.82) is 0 Å². The topological polar surface area (TPSA) is 155 Å². The van der Waals surface area contributed by atoms with Crippen LogP contribution in [0.1, 0.15) is 18.9 Å². The summed E-state index contributed by atoms with van der Waals surface area (Å²) in [5.74, 6) is -3.58. The van der Waals surface area contributed by atoms with Crippen molar-refractivity contribution in [3.05, 3.63) is 35.9 Å². The van der Waals surface area contributed by atoms with E-state index in [1.807, 2.05) is 0 Å². The molecule has 1 aliphatic heterocycles. The third kappa shape index (κ3) is 5.50. The molecule has 2 rings (SSSR count). The number of amides is 1. The maximum Gasteiger partial charge on any atom is 0.366 e. The molecule has 162 valence electrons. The van der Waals surface area contributed by atoms with Crippen LogP contribution in [0.2, 0.25) is 0 Å². The first-order chi connectivity index (χ1) is 13.7. The van der Waals surface area contributed by atoms with E-state index in [4.69, 9.17) is 19.3 Å². The van der Waals surface area contributed by atoms with E-state index < -0.39 is 61.1 Å². The highest BCUT2D eigenvalue weighted by Crippen LogP contribution is 2.34. The van der Waals surface area contributed by atoms with Gasteiger partial charge in [0.15, 0.2) is 0 Å². The van der Waals surface area contributed by atoms with E-state index in [0.29, 0.717) is 5.56 Å². The third-order valence-corrected chi connectivity index (χ3v) is 4.67. The lowest BCUT2D eigenvalue weighted by Gasteiger charge is -2.46. The molecular formula is C19H27NO9. The van der Waals surface area contributed by atoms with Crippen molar-refractivity contribution in [2.75, 3.05) is 13.7 Å². The molecule has 1 amide bonds. The number of ether oxygens (including phenoxy) is 3. The van der Waals surface area contributed by atoms with Crippen molar-refractivity contribution in [1.82, 2.24) is 5.32 Å². The lowest BCUT2D eigenvalue weighted by atomic mass is 9.88. The fourth-order valence-electron chi connectivity index (χ4n) is 3.20. The van der Waals surface area contributed by atoms with Gasteiger partial charge in [0.2, 0.25) is 5.91 Å². The van der Waals surface area contributed by atoms with Crippen LogP contribution in [0, 0.1) is 0 Å². The molecule has 0 saturated carbocycles. The van der Waals surface area contributed by atoms with Crippen LogP contribution in [-0.2, 0) is 30.4 Å². The number of nitrogens with one attached hydrogen (secondary N) is 1. The molecule has 0 spiro atoms. The van der Waals surface area contributed by atoms with Gasteiger partial charge >= 0.3 is 5.97 Å². The Kier molecular flexibility index (Phi) is 8.08. The number of esters is 1. The van der Waals surface area contributed by atoms with Crippen LogP contribution < -0.4 is 5.32 Å². The molecule has 0 bridgehead atoms. The molecular weight excluding hydrogens is 386 g/mol. The van der Waals surface area contributed by atoms with Gasteiger partial charge in [-0.25, -0.2) is 4.79 Å². The number of hydrogen-bond acceptors (Lipinski definition) is 9. The monoisotopic (exact) mass is 413 g/mol. The molecule has 6 atom stereocenters. The Morgan fingerprint density at radius 2 is 1.97 bits per heavy atom. The Hall–Kier alpha value is -2.08. The summed E-state index contributed by atoms with van der Waals surface area (Å²) in [7, 11) is 1.11. The van der Waals surface area contributed by atoms with E-state index >= 15 is 0 Å². The van der Waals surface area contributed by atoms with Crippen LogP contribution in [-0.4, -0.2) is 82.3 Å². The van der Waals surface area contributed by atoms with Crippen molar-refractivity contribution in [2.24, 2.45) is 0 Å². The quantitative estimate of drug-likeness (QED) is 0.318. The molecule has 0 aliphatic carbocycles. The average molecular weight is 413 g/mol. The van der Waals surface area contributed by atoms with Crippen LogP contribution in [0.4, 0.5) is 0 Å². The van der Waals surface area contributed by atoms with Crippen LogP contribution in [0.15, 0.2) is 30.3 Å². The zero-order chi connectivity index (χ0) is 21.6. The summed E-state index contributed by atoms with van der Waals surface area (Å²) in [6.07, 6.45) is -6.63. The second kappa shape index (κ2) is 10.1. The predicted molar refractivity (Wildman–Crippen MR) is 98.2 cm³/mol. The lowest BCUT2D eigenvalue weighted by molar-refractivity contribution is -0.315. The molecule has 1 aliphatic rings. The van der Waals surface area contributed by atoms with Gasteiger partial charge in [0.25, 0.3) is 5.79 Å². The first-order valence-electron chi connectivity index (χ1n) is 9.10. The molecule has 1 aromatic carbocycles. The van der Waals surface area contributed by atoms with E-state index in [2.05, 4.69) is 5.32 Å². The molecule has 1 saturated heterocycles. The second-order valence-corrected chi connectivity index (χ2v) is 6.84. The van der Waals surface area contributed by atoms with Gasteiger partial charge in [0, 0.05) is 13.3 Å². The van der Waals surface area contributed by atoms with E-state index in [1.165, 1.54) is 6.92 Å². The SMILES string of the molecule is COC(=O)[C@@]1(OCc2ccccc2)CC(O)[C@@H](NC(C)=O)C([C@H](O)[C@H](O)CO)O1. The second-order valence-electron chi connectivity index (χ2n) is 6.84. The van der Waals surface area contributed by atoms with Crippen LogP contribution >= 0.6 is 0 Å². The number of rotatable bonds is 8. The minimum atomic E-state index is -2.10. The van der Waals surface area contributed by atoms with Gasteiger partial charge in [0.1, 0.15) is 18.3 Å². The normalized spacial score (nSPS) is 29.0. The van der Waals surface area contributed by atoms with Crippen molar-refractivity contribution in [3.8, 4) is 0 Å². The van der Waals surface area contributed by atoms with Gasteiger partial charge in [0.05, 0.1) is 32.5 Å². The maximum absolute atomic E-state index is 12.5. The number of hydrogen-bond donors (Lipinski definition) is 5. The van der Waals surface area contributed by atoms with Crippen molar-refractivity contribution < 1.29 is 44.2 Å². The standard InChI is InChI=1S/C19H27NO9/c1-11(22)20-15-13(23)8-19(18(26)27-2,28-10-12-6-4-3-5-7-12)29-17(15)16(25)14(24)9-21/h3-7,13-17,21,23-25H,8-10H2,1-2H3,(H,20,22)/t13?,14-,15-,16-,17?,19-/m1/s1. The van der Waals surface area contributed by atoms with Crippen LogP contribution in [0.3, 0.4) is 0 Å². The van der Waals surface area contributed by atoms with Gasteiger partial charge in [-0.05, 0) is 5.56 Å². The van der Waals surface area contributed by atoms with Crippen LogP contribution in [0.5, 0.6) is 0 Å². The Bertz CT molecular complexity index is 686. The average Bonchev–Trinajstić information content (AvgIpc) is 2.72. The molecule has 1 aromatic rings. The summed E-state index contributed by atoms with van der Waals surface area (Å²) in [4.78, 5) is 24.1. The Morgan fingerprint density at radius 1 is 1.31 bits per heavy atom. The smallest absolute Gasteiger partial charge is 0.366 e. The molecule has 5 N–H and O–H groups in total. The van der Waals surface area contributed by atoms with Crippen LogP contribution in [0.25, 0.3) is 0 Å². The molecule has 10 nitrogen and oxygen atoms in total. The first kappa shape index (κ1) is 23.2. The maximum atomic E-state index is 12.5. The van der Waals surface area contributed by atoms with E-state index in [0.717, 1.165) is 7.11 Å². The summed E-state index contributed by atoms with van der Waals surface area (Å²) in [5.41, 5.74) is 0.713. The Morgan fingerprint density at radius 3 is 2.52 bits per heavy atom. The fraction of sp³-hybridized carbons (Fsp3) is 0.579. The number of carbonyl (C=O) groups is 2. The molecule has 1 heterocycles. The highest BCUT2D eigenvalue weighted by molar-refractivity contribution is 5.78. The molecule has 10 heteroatoms. The van der Waals surface area contributed by atoms with Gasteiger partial charge in [-0.3, -0.25) is 4.79 Å². The van der Waals surface area contributed by atoms with Crippen molar-refractivity contribution in [3.63, 3.8) is 0 Å². The minimum absolute atomic E-state index is 0.0706. The Labute approximate surface area is 168 Å². The zero-order valence-electron chi connectivity index (χ0n) is 16.2. The fourth-order valence-corrected chi connectivity index (χ4v) is 3.20. The first-order valence-corrected chi connectivity index (χ1v) is 9.10. The molecule has 0 radical (unpaired) electrons. The largest absolute Gasteiger partial charge is 0.465 e. The number of benzene rings is 1. The summed E-state index contributed by atoms with van der Waals surface area (Å²) in [5, 5.41) is 42.5. The number of aliphatic hydroxyl groups excluding tert-OH is 4. The summed E-state index contributed by atoms with van der Waals surface area (Å²) >= 11 is 0. The molecule has 29 heavy (non-hydrogen) atoms. The van der Waals surface area contributed by atoms with Crippen molar-refractivity contribution >= 4 is 11.9 Å². The Balaban J connectivity index is 2.35. The summed E-state index contributed by atoms with van der Waals surface area (Å²) in [6.45, 7) is 0.325. The summed E-state index contributed by atoms with van der Waals surface area (Å²) < 4.78 is 16.2.